The highest BCUT2D eigenvalue weighted by molar-refractivity contribution is 6.31. The summed E-state index contributed by atoms with van der Waals surface area (Å²) in [5.74, 6) is -1.13. The number of benzene rings is 1. The molecule has 1 aromatic carbocycles. The Morgan fingerprint density at radius 3 is 3.00 bits per heavy atom. The molecule has 2 aromatic rings. The van der Waals surface area contributed by atoms with Gasteiger partial charge in [0.1, 0.15) is 0 Å². The zero-order valence-electron chi connectivity index (χ0n) is 9.59. The topological polar surface area (TPSA) is 58.9 Å². The first-order chi connectivity index (χ1) is 8.59. The van der Waals surface area contributed by atoms with E-state index >= 15 is 0 Å². The van der Waals surface area contributed by atoms with Crippen LogP contribution in [0.4, 0.5) is 4.39 Å². The number of aryl methyl sites for hydroxylation is 1. The lowest BCUT2D eigenvalue weighted by molar-refractivity contribution is -0.119. The van der Waals surface area contributed by atoms with Crippen molar-refractivity contribution in [1.29, 1.82) is 0 Å². The van der Waals surface area contributed by atoms with E-state index in [0.717, 1.165) is 24.1 Å². The van der Waals surface area contributed by atoms with Crippen LogP contribution in [0.5, 0.6) is 0 Å². The van der Waals surface area contributed by atoms with Crippen LogP contribution in [-0.2, 0) is 11.2 Å². The fraction of sp³-hybridized carbons (Fsp3) is 0.308. The van der Waals surface area contributed by atoms with Gasteiger partial charge in [0.2, 0.25) is 5.91 Å². The van der Waals surface area contributed by atoms with Gasteiger partial charge in [0.05, 0.1) is 10.9 Å². The SMILES string of the molecule is NC(=O)[C@H]1CCCc2c1[nH]c1ccc(Cl)c(F)c21. The molecule has 0 fully saturated rings. The van der Waals surface area contributed by atoms with E-state index in [9.17, 15) is 9.18 Å². The fourth-order valence-electron chi connectivity index (χ4n) is 2.77. The molecule has 0 aliphatic heterocycles. The highest BCUT2D eigenvalue weighted by Crippen LogP contribution is 2.38. The van der Waals surface area contributed by atoms with E-state index in [4.69, 9.17) is 17.3 Å². The zero-order chi connectivity index (χ0) is 12.9. The van der Waals surface area contributed by atoms with E-state index in [1.807, 2.05) is 0 Å². The Kier molecular flexibility index (Phi) is 2.55. The van der Waals surface area contributed by atoms with Crippen LogP contribution >= 0.6 is 11.6 Å². The number of aromatic amines is 1. The minimum Gasteiger partial charge on any atom is -0.369 e. The number of aromatic nitrogens is 1. The van der Waals surface area contributed by atoms with Gasteiger partial charge in [-0.1, -0.05) is 11.6 Å². The molecule has 1 aliphatic carbocycles. The van der Waals surface area contributed by atoms with Crippen molar-refractivity contribution in [3.05, 3.63) is 34.2 Å². The lowest BCUT2D eigenvalue weighted by Gasteiger charge is -2.19. The van der Waals surface area contributed by atoms with Crippen molar-refractivity contribution in [1.82, 2.24) is 4.98 Å². The summed E-state index contributed by atoms with van der Waals surface area (Å²) in [6.45, 7) is 0. The van der Waals surface area contributed by atoms with Gasteiger partial charge in [0, 0.05) is 16.6 Å². The molecule has 1 aromatic heterocycles. The maximum absolute atomic E-state index is 14.1. The van der Waals surface area contributed by atoms with E-state index in [0.29, 0.717) is 17.3 Å². The first kappa shape index (κ1) is 11.5. The van der Waals surface area contributed by atoms with Crippen LogP contribution in [0.25, 0.3) is 10.9 Å². The predicted molar refractivity (Wildman–Crippen MR) is 68.1 cm³/mol. The largest absolute Gasteiger partial charge is 0.369 e. The summed E-state index contributed by atoms with van der Waals surface area (Å²) < 4.78 is 14.1. The second-order valence-electron chi connectivity index (χ2n) is 4.65. The first-order valence-electron chi connectivity index (χ1n) is 5.87. The smallest absolute Gasteiger partial charge is 0.226 e. The zero-order valence-corrected chi connectivity index (χ0v) is 10.4. The normalized spacial score (nSPS) is 18.9. The van der Waals surface area contributed by atoms with E-state index in [1.165, 1.54) is 6.07 Å². The van der Waals surface area contributed by atoms with E-state index in [2.05, 4.69) is 4.98 Å². The van der Waals surface area contributed by atoms with Crippen LogP contribution in [0.1, 0.15) is 30.0 Å². The van der Waals surface area contributed by atoms with Gasteiger partial charge in [-0.25, -0.2) is 4.39 Å². The molecule has 1 heterocycles. The van der Waals surface area contributed by atoms with Crippen LogP contribution in [-0.4, -0.2) is 10.9 Å². The number of primary amides is 1. The Balaban J connectivity index is 2.31. The van der Waals surface area contributed by atoms with Crippen LogP contribution in [0.3, 0.4) is 0 Å². The van der Waals surface area contributed by atoms with Crippen LogP contribution in [0, 0.1) is 5.82 Å². The summed E-state index contributed by atoms with van der Waals surface area (Å²) in [6.07, 6.45) is 2.29. The van der Waals surface area contributed by atoms with Gasteiger partial charge in [-0.15, -0.1) is 0 Å². The van der Waals surface area contributed by atoms with Gasteiger partial charge in [0.15, 0.2) is 5.82 Å². The minimum absolute atomic E-state index is 0.102. The van der Waals surface area contributed by atoms with Crippen LogP contribution < -0.4 is 5.73 Å². The second-order valence-corrected chi connectivity index (χ2v) is 5.06. The van der Waals surface area contributed by atoms with E-state index < -0.39 is 5.82 Å². The Labute approximate surface area is 108 Å². The van der Waals surface area contributed by atoms with Crippen molar-refractivity contribution in [2.75, 3.05) is 0 Å². The monoisotopic (exact) mass is 266 g/mol. The number of nitrogens with one attached hydrogen (secondary N) is 1. The molecule has 0 spiro atoms. The molecule has 0 saturated heterocycles. The summed E-state index contributed by atoms with van der Waals surface area (Å²) in [6, 6.07) is 3.25. The number of carbonyl (C=O) groups is 1. The molecule has 1 atom stereocenters. The van der Waals surface area contributed by atoms with E-state index in [1.54, 1.807) is 6.07 Å². The van der Waals surface area contributed by atoms with Crippen molar-refractivity contribution < 1.29 is 9.18 Å². The summed E-state index contributed by atoms with van der Waals surface area (Å²) in [4.78, 5) is 14.5. The third-order valence-electron chi connectivity index (χ3n) is 3.60. The maximum atomic E-state index is 14.1. The van der Waals surface area contributed by atoms with E-state index in [-0.39, 0.29) is 16.8 Å². The minimum atomic E-state index is -0.420. The number of amides is 1. The number of carbonyl (C=O) groups excluding carboxylic acids is 1. The number of rotatable bonds is 1. The molecule has 1 amide bonds. The predicted octanol–water partition coefficient (Wildman–Crippen LogP) is 2.87. The summed E-state index contributed by atoms with van der Waals surface area (Å²) in [5.41, 5.74) is 7.67. The number of nitrogens with two attached hydrogens (primary N) is 1. The number of hydrogen-bond donors (Lipinski definition) is 2. The molecule has 0 bridgehead atoms. The number of hydrogen-bond acceptors (Lipinski definition) is 1. The molecular formula is C13H12ClFN2O. The molecule has 1 aliphatic rings. The average Bonchev–Trinajstić information content (AvgIpc) is 2.72. The van der Waals surface area contributed by atoms with Gasteiger partial charge in [-0.2, -0.15) is 0 Å². The fourth-order valence-corrected chi connectivity index (χ4v) is 2.93. The summed E-state index contributed by atoms with van der Waals surface area (Å²) in [5, 5.41) is 0.606. The summed E-state index contributed by atoms with van der Waals surface area (Å²) >= 11 is 5.81. The van der Waals surface area contributed by atoms with Crippen molar-refractivity contribution >= 4 is 28.4 Å². The third-order valence-corrected chi connectivity index (χ3v) is 3.89. The van der Waals surface area contributed by atoms with Crippen LogP contribution in [0.2, 0.25) is 5.02 Å². The Morgan fingerprint density at radius 2 is 2.28 bits per heavy atom. The van der Waals surface area contributed by atoms with Crippen molar-refractivity contribution in [2.24, 2.45) is 5.73 Å². The Bertz CT molecular complexity index is 650. The van der Waals surface area contributed by atoms with Crippen molar-refractivity contribution in [3.8, 4) is 0 Å². The van der Waals surface area contributed by atoms with Gasteiger partial charge in [-0.3, -0.25) is 4.79 Å². The lowest BCUT2D eigenvalue weighted by Crippen LogP contribution is -2.25. The molecule has 18 heavy (non-hydrogen) atoms. The van der Waals surface area contributed by atoms with Gasteiger partial charge < -0.3 is 10.7 Å². The average molecular weight is 267 g/mol. The summed E-state index contributed by atoms with van der Waals surface area (Å²) in [7, 11) is 0. The van der Waals surface area contributed by atoms with Gasteiger partial charge >= 0.3 is 0 Å². The van der Waals surface area contributed by atoms with Gasteiger partial charge in [-0.05, 0) is 37.0 Å². The van der Waals surface area contributed by atoms with Gasteiger partial charge in [0.25, 0.3) is 0 Å². The van der Waals surface area contributed by atoms with Crippen molar-refractivity contribution in [3.63, 3.8) is 0 Å². The molecular weight excluding hydrogens is 255 g/mol. The molecule has 0 saturated carbocycles. The molecule has 5 heteroatoms. The maximum Gasteiger partial charge on any atom is 0.226 e. The molecule has 0 radical (unpaired) electrons. The lowest BCUT2D eigenvalue weighted by atomic mass is 9.86. The highest BCUT2D eigenvalue weighted by atomic mass is 35.5. The Hall–Kier alpha value is -1.55. The number of H-pyrrole nitrogens is 1. The molecule has 3 rings (SSSR count). The molecule has 3 nitrogen and oxygen atoms in total. The van der Waals surface area contributed by atoms with Crippen molar-refractivity contribution in [2.45, 2.75) is 25.2 Å². The molecule has 3 N–H and O–H groups in total. The standard InChI is InChI=1S/C13H12ClFN2O/c14-8-4-5-9-10(11(8)15)6-2-1-3-7(13(16)18)12(6)17-9/h4-5,7,17H,1-3H2,(H2,16,18)/t7-/m0/s1. The Morgan fingerprint density at radius 1 is 1.50 bits per heavy atom. The number of halogens is 2. The molecule has 0 unspecified atom stereocenters. The van der Waals surface area contributed by atoms with Crippen LogP contribution in [0.15, 0.2) is 12.1 Å². The first-order valence-corrected chi connectivity index (χ1v) is 6.25. The quantitative estimate of drug-likeness (QED) is 0.819. The second kappa shape index (κ2) is 3.99. The molecule has 94 valence electrons. The third kappa shape index (κ3) is 1.52. The highest BCUT2D eigenvalue weighted by Gasteiger charge is 2.29. The number of fused-ring (bicyclic) bond motifs is 3.